The van der Waals surface area contributed by atoms with Gasteiger partial charge in [0.05, 0.1) is 17.4 Å². The smallest absolute Gasteiger partial charge is 0.407 e. The fraction of sp³-hybridized carbons (Fsp3) is 0.471. The largest absolute Gasteiger partial charge is 0.444 e. The Morgan fingerprint density at radius 3 is 2.67 bits per heavy atom. The predicted molar refractivity (Wildman–Crippen MR) is 103 cm³/mol. The van der Waals surface area contributed by atoms with Gasteiger partial charge in [-0.25, -0.2) is 14.2 Å². The maximum atomic E-state index is 14.5. The lowest BCUT2D eigenvalue weighted by atomic mass is 10.2. The van der Waals surface area contributed by atoms with Gasteiger partial charge < -0.3 is 32.2 Å². The van der Waals surface area contributed by atoms with Crippen LogP contribution in [0.1, 0.15) is 27.2 Å². The number of nitrogens with two attached hydrogens (primary N) is 3. The third kappa shape index (κ3) is 6.01. The van der Waals surface area contributed by atoms with Crippen LogP contribution < -0.4 is 27.4 Å². The summed E-state index contributed by atoms with van der Waals surface area (Å²) in [6, 6.07) is 4.29. The number of para-hydroxylation sites is 1. The number of carbonyl (C=O) groups is 1. The van der Waals surface area contributed by atoms with E-state index in [0.29, 0.717) is 25.2 Å². The number of anilines is 1. The van der Waals surface area contributed by atoms with Crippen LogP contribution in [0.3, 0.4) is 0 Å². The van der Waals surface area contributed by atoms with Crippen LogP contribution in [0.15, 0.2) is 28.2 Å². The van der Waals surface area contributed by atoms with Crippen LogP contribution in [0, 0.1) is 5.82 Å². The SMILES string of the molecule is CC(C)(C)OC(=O)NC1CCN(c2c(F)cccc2N=C(N)N=C(N)N)C1. The molecular formula is C17H26FN7O2. The lowest BCUT2D eigenvalue weighted by Crippen LogP contribution is -2.40. The Balaban J connectivity index is 2.15. The van der Waals surface area contributed by atoms with Crippen LogP contribution in [-0.4, -0.2) is 42.7 Å². The Morgan fingerprint density at radius 1 is 1.33 bits per heavy atom. The number of alkyl carbamates (subject to hydrolysis) is 1. The van der Waals surface area contributed by atoms with Crippen molar-refractivity contribution in [3.8, 4) is 0 Å². The monoisotopic (exact) mass is 379 g/mol. The van der Waals surface area contributed by atoms with E-state index in [1.54, 1.807) is 31.7 Å². The molecule has 1 atom stereocenters. The van der Waals surface area contributed by atoms with E-state index in [0.717, 1.165) is 0 Å². The maximum Gasteiger partial charge on any atom is 0.407 e. The molecule has 1 aromatic carbocycles. The molecule has 148 valence electrons. The highest BCUT2D eigenvalue weighted by Gasteiger charge is 2.29. The Kier molecular flexibility index (Phi) is 6.09. The lowest BCUT2D eigenvalue weighted by molar-refractivity contribution is 0.0509. The molecule has 1 unspecified atom stereocenters. The molecule has 1 fully saturated rings. The Morgan fingerprint density at radius 2 is 2.04 bits per heavy atom. The standard InChI is InChI=1S/C17H26FN7O2/c1-17(2,3)27-16(26)22-10-7-8-25(9-10)13-11(18)5-4-6-12(13)23-15(21)24-14(19)20/h4-6,10H,7-9H2,1-3H3,(H,22,26)(H6,19,20,21,23,24). The summed E-state index contributed by atoms with van der Waals surface area (Å²) >= 11 is 0. The molecule has 0 aliphatic carbocycles. The van der Waals surface area contributed by atoms with Crippen LogP contribution in [0.2, 0.25) is 0 Å². The number of ether oxygens (including phenoxy) is 1. The van der Waals surface area contributed by atoms with Gasteiger partial charge in [0, 0.05) is 13.1 Å². The number of carbonyl (C=O) groups excluding carboxylic acids is 1. The van der Waals surface area contributed by atoms with E-state index in [-0.39, 0.29) is 23.6 Å². The first-order valence-corrected chi connectivity index (χ1v) is 8.52. The van der Waals surface area contributed by atoms with Gasteiger partial charge in [-0.05, 0) is 39.3 Å². The number of rotatable bonds is 3. The second kappa shape index (κ2) is 8.11. The molecule has 0 bridgehead atoms. The van der Waals surface area contributed by atoms with Crippen molar-refractivity contribution in [1.82, 2.24) is 5.32 Å². The summed E-state index contributed by atoms with van der Waals surface area (Å²) in [6.07, 6.45) is 0.137. The van der Waals surface area contributed by atoms with Crippen LogP contribution in [-0.2, 0) is 4.74 Å². The summed E-state index contributed by atoms with van der Waals surface area (Å²) in [5, 5.41) is 2.80. The third-order valence-corrected chi connectivity index (χ3v) is 3.67. The summed E-state index contributed by atoms with van der Waals surface area (Å²) in [4.78, 5) is 21.5. The molecule has 27 heavy (non-hydrogen) atoms. The van der Waals surface area contributed by atoms with Crippen LogP contribution in [0.5, 0.6) is 0 Å². The van der Waals surface area contributed by atoms with Crippen molar-refractivity contribution in [2.45, 2.75) is 38.8 Å². The average Bonchev–Trinajstić information content (AvgIpc) is 2.92. The first kappa shape index (κ1) is 20.3. The molecule has 0 spiro atoms. The Labute approximate surface area is 157 Å². The van der Waals surface area contributed by atoms with E-state index in [1.165, 1.54) is 12.1 Å². The van der Waals surface area contributed by atoms with Gasteiger partial charge in [0.1, 0.15) is 11.4 Å². The number of aliphatic imine (C=N–C) groups is 2. The van der Waals surface area contributed by atoms with Crippen molar-refractivity contribution in [2.24, 2.45) is 27.2 Å². The maximum absolute atomic E-state index is 14.5. The third-order valence-electron chi connectivity index (χ3n) is 3.67. The molecule has 1 amide bonds. The van der Waals surface area contributed by atoms with E-state index < -0.39 is 17.5 Å². The zero-order valence-corrected chi connectivity index (χ0v) is 15.7. The van der Waals surface area contributed by atoms with Crippen molar-refractivity contribution >= 4 is 29.4 Å². The zero-order valence-electron chi connectivity index (χ0n) is 15.7. The number of hydrogen-bond donors (Lipinski definition) is 4. The van der Waals surface area contributed by atoms with E-state index in [1.807, 2.05) is 0 Å². The number of nitrogens with zero attached hydrogens (tertiary/aromatic N) is 3. The van der Waals surface area contributed by atoms with Gasteiger partial charge >= 0.3 is 6.09 Å². The number of amides is 1. The molecule has 1 aromatic rings. The average molecular weight is 379 g/mol. The molecule has 9 nitrogen and oxygen atoms in total. The lowest BCUT2D eigenvalue weighted by Gasteiger charge is -2.23. The number of guanidine groups is 2. The molecule has 1 heterocycles. The number of nitrogens with one attached hydrogen (secondary N) is 1. The molecular weight excluding hydrogens is 353 g/mol. The Hall–Kier alpha value is -3.04. The van der Waals surface area contributed by atoms with Crippen molar-refractivity contribution in [2.75, 3.05) is 18.0 Å². The van der Waals surface area contributed by atoms with Crippen molar-refractivity contribution in [3.05, 3.63) is 24.0 Å². The molecule has 7 N–H and O–H groups in total. The number of benzene rings is 1. The van der Waals surface area contributed by atoms with Crippen LogP contribution in [0.4, 0.5) is 20.6 Å². The van der Waals surface area contributed by atoms with Gasteiger partial charge in [0.2, 0.25) is 5.96 Å². The quantitative estimate of drug-likeness (QED) is 0.458. The molecule has 0 aromatic heterocycles. The van der Waals surface area contributed by atoms with Crippen molar-refractivity contribution < 1.29 is 13.9 Å². The predicted octanol–water partition coefficient (Wildman–Crippen LogP) is 1.15. The topological polar surface area (TPSA) is 144 Å². The highest BCUT2D eigenvalue weighted by Crippen LogP contribution is 2.34. The summed E-state index contributed by atoms with van der Waals surface area (Å²) < 4.78 is 19.7. The fourth-order valence-electron chi connectivity index (χ4n) is 2.74. The summed E-state index contributed by atoms with van der Waals surface area (Å²) in [5.74, 6) is -0.867. The zero-order chi connectivity index (χ0) is 20.2. The summed E-state index contributed by atoms with van der Waals surface area (Å²) in [7, 11) is 0. The molecule has 2 rings (SSSR count). The molecule has 0 saturated carbocycles. The second-order valence-corrected chi connectivity index (χ2v) is 7.19. The van der Waals surface area contributed by atoms with Gasteiger partial charge in [-0.3, -0.25) is 0 Å². The minimum Gasteiger partial charge on any atom is -0.444 e. The minimum absolute atomic E-state index is 0.175. The Bertz CT molecular complexity index is 754. The highest BCUT2D eigenvalue weighted by atomic mass is 19.1. The first-order valence-electron chi connectivity index (χ1n) is 8.52. The van der Waals surface area contributed by atoms with Crippen LogP contribution >= 0.6 is 0 Å². The first-order chi connectivity index (χ1) is 12.5. The van der Waals surface area contributed by atoms with E-state index in [4.69, 9.17) is 21.9 Å². The molecule has 1 aliphatic heterocycles. The van der Waals surface area contributed by atoms with E-state index in [9.17, 15) is 9.18 Å². The molecule has 0 radical (unpaired) electrons. The van der Waals surface area contributed by atoms with Crippen LogP contribution in [0.25, 0.3) is 0 Å². The van der Waals surface area contributed by atoms with E-state index in [2.05, 4.69) is 15.3 Å². The van der Waals surface area contributed by atoms with Gasteiger partial charge in [0.15, 0.2) is 5.96 Å². The van der Waals surface area contributed by atoms with Gasteiger partial charge in [-0.1, -0.05) is 6.07 Å². The van der Waals surface area contributed by atoms with E-state index >= 15 is 0 Å². The second-order valence-electron chi connectivity index (χ2n) is 7.19. The van der Waals surface area contributed by atoms with Gasteiger partial charge in [0.25, 0.3) is 0 Å². The van der Waals surface area contributed by atoms with Gasteiger partial charge in [-0.2, -0.15) is 4.99 Å². The minimum atomic E-state index is -0.585. The summed E-state index contributed by atoms with van der Waals surface area (Å²) in [5.41, 5.74) is 16.2. The van der Waals surface area contributed by atoms with Gasteiger partial charge in [-0.15, -0.1) is 0 Å². The van der Waals surface area contributed by atoms with Crippen molar-refractivity contribution in [1.29, 1.82) is 0 Å². The summed E-state index contributed by atoms with van der Waals surface area (Å²) in [6.45, 7) is 6.31. The number of halogens is 1. The number of hydrogen-bond acceptors (Lipinski definition) is 4. The normalized spacial score (nSPS) is 17.6. The fourth-order valence-corrected chi connectivity index (χ4v) is 2.74. The highest BCUT2D eigenvalue weighted by molar-refractivity contribution is 5.94. The molecule has 1 saturated heterocycles. The van der Waals surface area contributed by atoms with Crippen molar-refractivity contribution in [3.63, 3.8) is 0 Å². The molecule has 10 heteroatoms. The molecule has 1 aliphatic rings.